The van der Waals surface area contributed by atoms with Crippen molar-refractivity contribution in [3.8, 4) is 0 Å². The number of nitrogens with two attached hydrogens (primary N) is 1. The maximum Gasteiger partial charge on any atom is 0.0715 e. The molecule has 0 spiro atoms. The molecule has 1 aliphatic heterocycles. The van der Waals surface area contributed by atoms with Gasteiger partial charge in [0.1, 0.15) is 0 Å². The molecule has 0 radical (unpaired) electrons. The van der Waals surface area contributed by atoms with E-state index in [-0.39, 0.29) is 17.7 Å². The van der Waals surface area contributed by atoms with Crippen molar-refractivity contribution in [2.24, 2.45) is 5.73 Å². The van der Waals surface area contributed by atoms with Crippen molar-refractivity contribution in [1.82, 2.24) is 4.90 Å². The van der Waals surface area contributed by atoms with Gasteiger partial charge in [-0.05, 0) is 27.2 Å². The fourth-order valence-corrected chi connectivity index (χ4v) is 1.58. The van der Waals surface area contributed by atoms with Crippen LogP contribution in [0.4, 0.5) is 0 Å². The van der Waals surface area contributed by atoms with Crippen LogP contribution in [0.25, 0.3) is 0 Å². The molecule has 72 valence electrons. The smallest absolute Gasteiger partial charge is 0.0715 e. The Balaban J connectivity index is 2.51. The predicted molar refractivity (Wildman–Crippen MR) is 49.9 cm³/mol. The molecule has 0 bridgehead atoms. The first kappa shape index (κ1) is 9.96. The van der Waals surface area contributed by atoms with E-state index in [2.05, 4.69) is 25.7 Å². The zero-order chi connectivity index (χ0) is 9.35. The van der Waals surface area contributed by atoms with E-state index < -0.39 is 0 Å². The molecule has 1 fully saturated rings. The van der Waals surface area contributed by atoms with Crippen molar-refractivity contribution in [2.45, 2.75) is 44.9 Å². The van der Waals surface area contributed by atoms with Crippen molar-refractivity contribution in [3.63, 3.8) is 0 Å². The van der Waals surface area contributed by atoms with E-state index in [1.165, 1.54) is 0 Å². The lowest BCUT2D eigenvalue weighted by Crippen LogP contribution is -2.56. The SMILES string of the molecule is CC(C)(C)N1CC[C@@H](O)[C@@H](N)C1. The van der Waals surface area contributed by atoms with Crippen LogP contribution in [0.3, 0.4) is 0 Å². The van der Waals surface area contributed by atoms with Crippen LogP contribution in [0.1, 0.15) is 27.2 Å². The van der Waals surface area contributed by atoms with Gasteiger partial charge in [-0.25, -0.2) is 0 Å². The average Bonchev–Trinajstić information content (AvgIpc) is 1.92. The van der Waals surface area contributed by atoms with Gasteiger partial charge in [0.25, 0.3) is 0 Å². The highest BCUT2D eigenvalue weighted by molar-refractivity contribution is 4.88. The topological polar surface area (TPSA) is 49.5 Å². The third-order valence-corrected chi connectivity index (χ3v) is 2.57. The summed E-state index contributed by atoms with van der Waals surface area (Å²) in [6.45, 7) is 8.30. The number of aliphatic hydroxyl groups is 1. The van der Waals surface area contributed by atoms with Gasteiger partial charge in [-0.2, -0.15) is 0 Å². The summed E-state index contributed by atoms with van der Waals surface area (Å²) in [4.78, 5) is 2.32. The number of rotatable bonds is 0. The summed E-state index contributed by atoms with van der Waals surface area (Å²) in [5.41, 5.74) is 5.95. The van der Waals surface area contributed by atoms with E-state index in [0.29, 0.717) is 0 Å². The Hall–Kier alpha value is -0.120. The lowest BCUT2D eigenvalue weighted by Gasteiger charge is -2.42. The highest BCUT2D eigenvalue weighted by atomic mass is 16.3. The van der Waals surface area contributed by atoms with Crippen LogP contribution < -0.4 is 5.73 Å². The third-order valence-electron chi connectivity index (χ3n) is 2.57. The minimum atomic E-state index is -0.302. The van der Waals surface area contributed by atoms with Gasteiger partial charge >= 0.3 is 0 Å². The van der Waals surface area contributed by atoms with Gasteiger partial charge in [-0.3, -0.25) is 4.90 Å². The lowest BCUT2D eigenvalue weighted by atomic mass is 9.97. The van der Waals surface area contributed by atoms with E-state index in [1.807, 2.05) is 0 Å². The normalized spacial score (nSPS) is 33.8. The minimum absolute atomic E-state index is 0.0713. The quantitative estimate of drug-likeness (QED) is 0.548. The van der Waals surface area contributed by atoms with Gasteiger partial charge in [0.05, 0.1) is 6.10 Å². The maximum absolute atomic E-state index is 9.41. The Morgan fingerprint density at radius 1 is 1.42 bits per heavy atom. The maximum atomic E-state index is 9.41. The average molecular weight is 172 g/mol. The largest absolute Gasteiger partial charge is 0.391 e. The predicted octanol–water partition coefficient (Wildman–Crippen LogP) is 0.179. The van der Waals surface area contributed by atoms with Gasteiger partial charge < -0.3 is 10.8 Å². The summed E-state index contributed by atoms with van der Waals surface area (Å²) < 4.78 is 0. The second kappa shape index (κ2) is 3.32. The Morgan fingerprint density at radius 3 is 2.42 bits per heavy atom. The number of likely N-dealkylation sites (tertiary alicyclic amines) is 1. The number of hydrogen-bond donors (Lipinski definition) is 2. The molecule has 1 heterocycles. The van der Waals surface area contributed by atoms with Gasteiger partial charge in [0, 0.05) is 24.7 Å². The van der Waals surface area contributed by atoms with Crippen LogP contribution in [0.2, 0.25) is 0 Å². The summed E-state index contributed by atoms with van der Waals surface area (Å²) in [5.74, 6) is 0. The minimum Gasteiger partial charge on any atom is -0.391 e. The molecule has 0 saturated carbocycles. The van der Waals surface area contributed by atoms with Crippen molar-refractivity contribution in [3.05, 3.63) is 0 Å². The van der Waals surface area contributed by atoms with E-state index in [0.717, 1.165) is 19.5 Å². The fourth-order valence-electron chi connectivity index (χ4n) is 1.58. The van der Waals surface area contributed by atoms with Gasteiger partial charge in [0.2, 0.25) is 0 Å². The Labute approximate surface area is 74.5 Å². The molecule has 12 heavy (non-hydrogen) atoms. The molecule has 0 amide bonds. The van der Waals surface area contributed by atoms with Gasteiger partial charge in [-0.15, -0.1) is 0 Å². The fraction of sp³-hybridized carbons (Fsp3) is 1.00. The van der Waals surface area contributed by atoms with Gasteiger partial charge in [-0.1, -0.05) is 0 Å². The van der Waals surface area contributed by atoms with E-state index >= 15 is 0 Å². The molecule has 0 aromatic rings. The van der Waals surface area contributed by atoms with E-state index in [1.54, 1.807) is 0 Å². The molecule has 3 heteroatoms. The molecule has 0 aromatic heterocycles. The number of piperidine rings is 1. The molecule has 2 atom stereocenters. The van der Waals surface area contributed by atoms with Crippen LogP contribution in [-0.4, -0.2) is 40.8 Å². The second-order valence-corrected chi connectivity index (χ2v) is 4.64. The summed E-state index contributed by atoms with van der Waals surface area (Å²) in [6, 6.07) is -0.0713. The van der Waals surface area contributed by atoms with Crippen molar-refractivity contribution in [1.29, 1.82) is 0 Å². The van der Waals surface area contributed by atoms with Crippen molar-refractivity contribution < 1.29 is 5.11 Å². The van der Waals surface area contributed by atoms with E-state index in [9.17, 15) is 5.11 Å². The summed E-state index contributed by atoms with van der Waals surface area (Å²) >= 11 is 0. The Morgan fingerprint density at radius 2 is 2.00 bits per heavy atom. The number of nitrogens with zero attached hydrogens (tertiary/aromatic N) is 1. The molecular weight excluding hydrogens is 152 g/mol. The molecule has 1 rings (SSSR count). The van der Waals surface area contributed by atoms with Crippen LogP contribution in [0.5, 0.6) is 0 Å². The summed E-state index contributed by atoms with van der Waals surface area (Å²) in [5, 5.41) is 9.41. The van der Waals surface area contributed by atoms with Crippen molar-refractivity contribution in [2.75, 3.05) is 13.1 Å². The zero-order valence-corrected chi connectivity index (χ0v) is 8.25. The highest BCUT2D eigenvalue weighted by Crippen LogP contribution is 2.19. The Kier molecular flexibility index (Phi) is 2.76. The molecule has 0 aliphatic carbocycles. The summed E-state index contributed by atoms with van der Waals surface area (Å²) in [7, 11) is 0. The van der Waals surface area contributed by atoms with Gasteiger partial charge in [0.15, 0.2) is 0 Å². The first-order valence-electron chi connectivity index (χ1n) is 4.60. The standard InChI is InChI=1S/C9H20N2O/c1-9(2,3)11-5-4-8(12)7(10)6-11/h7-8,12H,4-6,10H2,1-3H3/t7-,8+/m0/s1. The monoisotopic (exact) mass is 172 g/mol. The molecular formula is C9H20N2O. The zero-order valence-electron chi connectivity index (χ0n) is 8.25. The van der Waals surface area contributed by atoms with Crippen LogP contribution in [0, 0.1) is 0 Å². The molecule has 1 saturated heterocycles. The molecule has 1 aliphatic rings. The van der Waals surface area contributed by atoms with Crippen LogP contribution in [0.15, 0.2) is 0 Å². The third kappa shape index (κ3) is 2.19. The number of aliphatic hydroxyl groups excluding tert-OH is 1. The second-order valence-electron chi connectivity index (χ2n) is 4.64. The molecule has 3 nitrogen and oxygen atoms in total. The molecule has 0 aromatic carbocycles. The molecule has 0 unspecified atom stereocenters. The first-order valence-corrected chi connectivity index (χ1v) is 4.60. The van der Waals surface area contributed by atoms with Crippen molar-refractivity contribution >= 4 is 0 Å². The summed E-state index contributed by atoms with van der Waals surface area (Å²) in [6.07, 6.45) is 0.502. The lowest BCUT2D eigenvalue weighted by molar-refractivity contribution is 0.0219. The first-order chi connectivity index (χ1) is 5.41. The highest BCUT2D eigenvalue weighted by Gasteiger charge is 2.30. The molecule has 3 N–H and O–H groups in total. The van der Waals surface area contributed by atoms with Crippen LogP contribution >= 0.6 is 0 Å². The Bertz CT molecular complexity index is 153. The van der Waals surface area contributed by atoms with E-state index in [4.69, 9.17) is 5.73 Å². The van der Waals surface area contributed by atoms with Crippen LogP contribution in [-0.2, 0) is 0 Å². The number of hydrogen-bond acceptors (Lipinski definition) is 3.